The minimum absolute atomic E-state index is 0.137. The molecule has 122 valence electrons. The third-order valence-electron chi connectivity index (χ3n) is 4.51. The van der Waals surface area contributed by atoms with Crippen LogP contribution in [-0.2, 0) is 11.2 Å². The van der Waals surface area contributed by atoms with Gasteiger partial charge in [-0.15, -0.1) is 0 Å². The molecule has 1 saturated heterocycles. The van der Waals surface area contributed by atoms with Crippen molar-refractivity contribution in [3.63, 3.8) is 0 Å². The van der Waals surface area contributed by atoms with Gasteiger partial charge in [0, 0.05) is 32.2 Å². The third-order valence-corrected chi connectivity index (χ3v) is 5.21. The minimum Gasteiger partial charge on any atom is -0.508 e. The Morgan fingerprint density at radius 2 is 2.04 bits per heavy atom. The zero-order chi connectivity index (χ0) is 16.2. The van der Waals surface area contributed by atoms with E-state index in [9.17, 15) is 9.90 Å². The summed E-state index contributed by atoms with van der Waals surface area (Å²) in [5.74, 6) is 0.350. The van der Waals surface area contributed by atoms with E-state index < -0.39 is 0 Å². The summed E-state index contributed by atoms with van der Waals surface area (Å²) in [7, 11) is 0. The fourth-order valence-corrected chi connectivity index (χ4v) is 3.78. The molecule has 1 amide bonds. The predicted octanol–water partition coefficient (Wildman–Crippen LogP) is 2.90. The number of phenolic OH excluding ortho intramolecular Hbond substituents is 1. The van der Waals surface area contributed by atoms with E-state index in [1.54, 1.807) is 29.5 Å². The Hall–Kier alpha value is -1.85. The topological polar surface area (TPSA) is 43.8 Å². The molecule has 1 aliphatic heterocycles. The van der Waals surface area contributed by atoms with Crippen LogP contribution in [0.25, 0.3) is 0 Å². The van der Waals surface area contributed by atoms with Crippen molar-refractivity contribution < 1.29 is 9.90 Å². The average Bonchev–Trinajstić information content (AvgIpc) is 3.09. The van der Waals surface area contributed by atoms with Crippen molar-refractivity contribution >= 4 is 17.2 Å². The minimum atomic E-state index is 0.137. The van der Waals surface area contributed by atoms with Gasteiger partial charge in [0.25, 0.3) is 0 Å². The third kappa shape index (κ3) is 3.92. The molecule has 0 saturated carbocycles. The quantitative estimate of drug-likeness (QED) is 0.937. The van der Waals surface area contributed by atoms with E-state index in [-0.39, 0.29) is 11.7 Å². The second kappa shape index (κ2) is 7.15. The molecule has 3 rings (SSSR count). The van der Waals surface area contributed by atoms with Crippen LogP contribution < -0.4 is 0 Å². The molecule has 2 aromatic rings. The molecule has 0 spiro atoms. The van der Waals surface area contributed by atoms with Crippen LogP contribution in [0.2, 0.25) is 0 Å². The molecule has 0 bridgehead atoms. The van der Waals surface area contributed by atoms with Crippen LogP contribution in [0.4, 0.5) is 0 Å². The van der Waals surface area contributed by atoms with E-state index in [0.717, 1.165) is 31.7 Å². The second-order valence-corrected chi connectivity index (χ2v) is 6.78. The predicted molar refractivity (Wildman–Crippen MR) is 92.7 cm³/mol. The molecule has 4 nitrogen and oxygen atoms in total. The van der Waals surface area contributed by atoms with Gasteiger partial charge in [-0.1, -0.05) is 12.1 Å². The van der Waals surface area contributed by atoms with Crippen molar-refractivity contribution in [2.75, 3.05) is 26.2 Å². The summed E-state index contributed by atoms with van der Waals surface area (Å²) in [6, 6.07) is 9.52. The summed E-state index contributed by atoms with van der Waals surface area (Å²) in [4.78, 5) is 16.8. The maximum Gasteiger partial charge on any atom is 0.227 e. The summed E-state index contributed by atoms with van der Waals surface area (Å²) in [5.41, 5.74) is 2.22. The lowest BCUT2D eigenvalue weighted by Crippen LogP contribution is -2.49. The molecule has 0 radical (unpaired) electrons. The maximum atomic E-state index is 12.4. The zero-order valence-electron chi connectivity index (χ0n) is 13.3. The monoisotopic (exact) mass is 330 g/mol. The Morgan fingerprint density at radius 3 is 2.70 bits per heavy atom. The fraction of sp³-hybridized carbons (Fsp3) is 0.389. The van der Waals surface area contributed by atoms with Crippen LogP contribution in [-0.4, -0.2) is 47.0 Å². The van der Waals surface area contributed by atoms with E-state index in [2.05, 4.69) is 28.7 Å². The van der Waals surface area contributed by atoms with E-state index in [4.69, 9.17) is 0 Å². The lowest BCUT2D eigenvalue weighted by molar-refractivity contribution is -0.132. The van der Waals surface area contributed by atoms with Gasteiger partial charge in [-0.25, -0.2) is 0 Å². The summed E-state index contributed by atoms with van der Waals surface area (Å²) in [6.07, 6.45) is 0.356. The van der Waals surface area contributed by atoms with Crippen molar-refractivity contribution in [3.8, 4) is 5.75 Å². The molecule has 1 aromatic heterocycles. The number of nitrogens with zero attached hydrogens (tertiary/aromatic N) is 2. The number of phenols is 1. The highest BCUT2D eigenvalue weighted by Crippen LogP contribution is 2.23. The largest absolute Gasteiger partial charge is 0.508 e. The van der Waals surface area contributed by atoms with Crippen LogP contribution in [0.15, 0.2) is 41.1 Å². The molecule has 23 heavy (non-hydrogen) atoms. The number of hydrogen-bond acceptors (Lipinski definition) is 4. The van der Waals surface area contributed by atoms with Crippen LogP contribution in [0.1, 0.15) is 24.1 Å². The highest BCUT2D eigenvalue weighted by Gasteiger charge is 2.24. The Kier molecular flexibility index (Phi) is 4.98. The van der Waals surface area contributed by atoms with Crippen LogP contribution in [0.5, 0.6) is 5.75 Å². The van der Waals surface area contributed by atoms with Crippen molar-refractivity contribution in [2.24, 2.45) is 0 Å². The average molecular weight is 330 g/mol. The Balaban J connectivity index is 1.53. The van der Waals surface area contributed by atoms with Crippen molar-refractivity contribution in [2.45, 2.75) is 19.4 Å². The molecule has 0 unspecified atom stereocenters. The van der Waals surface area contributed by atoms with Gasteiger partial charge in [-0.2, -0.15) is 11.3 Å². The second-order valence-electron chi connectivity index (χ2n) is 6.00. The van der Waals surface area contributed by atoms with Gasteiger partial charge < -0.3 is 10.0 Å². The van der Waals surface area contributed by atoms with Crippen LogP contribution in [0.3, 0.4) is 0 Å². The van der Waals surface area contributed by atoms with Crippen molar-refractivity contribution in [1.82, 2.24) is 9.80 Å². The lowest BCUT2D eigenvalue weighted by atomic mass is 10.1. The highest BCUT2D eigenvalue weighted by molar-refractivity contribution is 7.07. The molecule has 5 heteroatoms. The molecule has 1 N–H and O–H groups in total. The molecule has 1 aliphatic rings. The van der Waals surface area contributed by atoms with E-state index in [1.807, 2.05) is 11.0 Å². The van der Waals surface area contributed by atoms with Gasteiger partial charge in [0.05, 0.1) is 6.42 Å². The molecule has 0 aliphatic carbocycles. The number of thiophene rings is 1. The van der Waals surface area contributed by atoms with Crippen LogP contribution in [0, 0.1) is 0 Å². The number of piperazine rings is 1. The van der Waals surface area contributed by atoms with Crippen LogP contribution >= 0.6 is 11.3 Å². The van der Waals surface area contributed by atoms with Gasteiger partial charge in [-0.3, -0.25) is 9.69 Å². The number of aromatic hydroxyl groups is 1. The van der Waals surface area contributed by atoms with Gasteiger partial charge in [0.2, 0.25) is 5.91 Å². The molecular weight excluding hydrogens is 308 g/mol. The summed E-state index contributed by atoms with van der Waals surface area (Å²) in [6.45, 7) is 5.58. The maximum absolute atomic E-state index is 12.4. The first kappa shape index (κ1) is 16.0. The SMILES string of the molecule is C[C@H](c1ccsc1)N1CCN(C(=O)Cc2cccc(O)c2)CC1. The molecule has 1 fully saturated rings. The molecular formula is C18H22N2O2S. The number of carbonyl (C=O) groups excluding carboxylic acids is 1. The lowest BCUT2D eigenvalue weighted by Gasteiger charge is -2.38. The number of carbonyl (C=O) groups is 1. The first-order valence-electron chi connectivity index (χ1n) is 7.95. The summed E-state index contributed by atoms with van der Waals surface area (Å²) < 4.78 is 0. The number of rotatable bonds is 4. The number of amides is 1. The first-order chi connectivity index (χ1) is 11.1. The van der Waals surface area contributed by atoms with E-state index in [1.165, 1.54) is 5.56 Å². The van der Waals surface area contributed by atoms with Gasteiger partial charge in [0.15, 0.2) is 0 Å². The molecule has 1 atom stereocenters. The van der Waals surface area contributed by atoms with Gasteiger partial charge in [0.1, 0.15) is 5.75 Å². The fourth-order valence-electron chi connectivity index (χ4n) is 3.04. The summed E-state index contributed by atoms with van der Waals surface area (Å²) >= 11 is 1.73. The molecule has 1 aromatic carbocycles. The normalized spacial score (nSPS) is 17.2. The Morgan fingerprint density at radius 1 is 1.26 bits per heavy atom. The van der Waals surface area contributed by atoms with Gasteiger partial charge >= 0.3 is 0 Å². The van der Waals surface area contributed by atoms with Gasteiger partial charge in [-0.05, 0) is 47.0 Å². The Bertz CT molecular complexity index is 649. The standard InChI is InChI=1S/C18H22N2O2S/c1-14(16-5-10-23-13-16)19-6-8-20(9-7-19)18(22)12-15-3-2-4-17(21)11-15/h2-5,10-11,13-14,21H,6-9,12H2,1H3/t14-/m1/s1. The van der Waals surface area contributed by atoms with E-state index >= 15 is 0 Å². The first-order valence-corrected chi connectivity index (χ1v) is 8.89. The van der Waals surface area contributed by atoms with E-state index in [0.29, 0.717) is 12.5 Å². The number of benzene rings is 1. The van der Waals surface area contributed by atoms with Crippen molar-refractivity contribution in [3.05, 3.63) is 52.2 Å². The molecule has 2 heterocycles. The smallest absolute Gasteiger partial charge is 0.227 e. The zero-order valence-corrected chi connectivity index (χ0v) is 14.1. The highest BCUT2D eigenvalue weighted by atomic mass is 32.1. The number of hydrogen-bond donors (Lipinski definition) is 1. The summed E-state index contributed by atoms with van der Waals surface area (Å²) in [5, 5.41) is 13.8. The Labute approximate surface area is 141 Å². The van der Waals surface area contributed by atoms with Crippen molar-refractivity contribution in [1.29, 1.82) is 0 Å².